The van der Waals surface area contributed by atoms with Gasteiger partial charge in [0.2, 0.25) is 15.9 Å². The third-order valence-electron chi connectivity index (χ3n) is 3.88. The maximum Gasteiger partial charge on any atom is 0.226 e. The molecular formula is C13H24N2O5S. The molecule has 8 heteroatoms. The van der Waals surface area contributed by atoms with E-state index in [1.54, 1.807) is 4.90 Å². The zero-order valence-corrected chi connectivity index (χ0v) is 13.3. The summed E-state index contributed by atoms with van der Waals surface area (Å²) in [6.45, 7) is 4.75. The van der Waals surface area contributed by atoms with Crippen LogP contribution in [0.3, 0.4) is 0 Å². The summed E-state index contributed by atoms with van der Waals surface area (Å²) < 4.78 is 31.5. The largest absolute Gasteiger partial charge is 0.392 e. The van der Waals surface area contributed by atoms with Gasteiger partial charge in [0.25, 0.3) is 0 Å². The van der Waals surface area contributed by atoms with E-state index < -0.39 is 22.2 Å². The number of hydrogen-bond donors (Lipinski definition) is 2. The molecule has 1 aliphatic heterocycles. The Kier molecular flexibility index (Phi) is 5.24. The van der Waals surface area contributed by atoms with Gasteiger partial charge in [0.05, 0.1) is 24.6 Å². The van der Waals surface area contributed by atoms with Gasteiger partial charge < -0.3 is 14.7 Å². The fourth-order valence-electron chi connectivity index (χ4n) is 2.47. The van der Waals surface area contributed by atoms with Crippen molar-refractivity contribution in [3.8, 4) is 0 Å². The summed E-state index contributed by atoms with van der Waals surface area (Å²) in [5.41, 5.74) is 0. The average Bonchev–Trinajstić information content (AvgIpc) is 3.13. The van der Waals surface area contributed by atoms with Crippen LogP contribution in [0.1, 0.15) is 20.3 Å². The van der Waals surface area contributed by atoms with Crippen molar-refractivity contribution in [2.45, 2.75) is 32.5 Å². The Labute approximate surface area is 125 Å². The van der Waals surface area contributed by atoms with Crippen molar-refractivity contribution in [1.82, 2.24) is 9.62 Å². The standard InChI is InChI=1S/C13H24N2O5S/c1-9-5-12(9)13(17)15-3-4-20-11(7-15)8-21(18,19)14-6-10(2)16/h9-12,14,16H,3-8H2,1-2H3/t9-,10-,11-,12-/m0/s1. The van der Waals surface area contributed by atoms with E-state index in [2.05, 4.69) is 4.72 Å². The molecule has 4 atom stereocenters. The predicted molar refractivity (Wildman–Crippen MR) is 77.1 cm³/mol. The van der Waals surface area contributed by atoms with Gasteiger partial charge in [0.15, 0.2) is 0 Å². The van der Waals surface area contributed by atoms with Gasteiger partial charge >= 0.3 is 0 Å². The van der Waals surface area contributed by atoms with Gasteiger partial charge in [-0.05, 0) is 19.3 Å². The molecule has 0 bridgehead atoms. The number of carbonyl (C=O) groups excluding carboxylic acids is 1. The highest BCUT2D eigenvalue weighted by Gasteiger charge is 2.42. The minimum atomic E-state index is -3.51. The zero-order valence-electron chi connectivity index (χ0n) is 12.5. The van der Waals surface area contributed by atoms with Gasteiger partial charge in [-0.1, -0.05) is 6.92 Å². The van der Waals surface area contributed by atoms with Crippen LogP contribution in [-0.4, -0.2) is 68.5 Å². The Hall–Kier alpha value is -0.700. The normalized spacial score (nSPS) is 31.0. The van der Waals surface area contributed by atoms with Crippen LogP contribution in [-0.2, 0) is 19.6 Å². The van der Waals surface area contributed by atoms with Crippen LogP contribution >= 0.6 is 0 Å². The summed E-state index contributed by atoms with van der Waals surface area (Å²) in [5, 5.41) is 9.12. The number of ether oxygens (including phenoxy) is 1. The molecule has 0 aromatic heterocycles. The second kappa shape index (κ2) is 6.60. The molecule has 1 saturated heterocycles. The van der Waals surface area contributed by atoms with Gasteiger partial charge in [-0.25, -0.2) is 13.1 Å². The molecule has 0 aromatic carbocycles. The van der Waals surface area contributed by atoms with Crippen LogP contribution in [0.25, 0.3) is 0 Å². The minimum Gasteiger partial charge on any atom is -0.392 e. The molecule has 1 amide bonds. The highest BCUT2D eigenvalue weighted by atomic mass is 32.2. The van der Waals surface area contributed by atoms with Crippen molar-refractivity contribution in [2.24, 2.45) is 11.8 Å². The Morgan fingerprint density at radius 1 is 1.52 bits per heavy atom. The van der Waals surface area contributed by atoms with Crippen molar-refractivity contribution >= 4 is 15.9 Å². The first-order chi connectivity index (χ1) is 9.78. The summed E-state index contributed by atoms with van der Waals surface area (Å²) in [7, 11) is -3.51. The lowest BCUT2D eigenvalue weighted by Crippen LogP contribution is -2.50. The highest BCUT2D eigenvalue weighted by molar-refractivity contribution is 7.89. The molecule has 0 aromatic rings. The number of nitrogens with zero attached hydrogens (tertiary/aromatic N) is 1. The summed E-state index contributed by atoms with van der Waals surface area (Å²) in [5.74, 6) is 0.470. The Balaban J connectivity index is 1.85. The lowest BCUT2D eigenvalue weighted by molar-refractivity contribution is -0.139. The maximum absolute atomic E-state index is 12.2. The third-order valence-corrected chi connectivity index (χ3v) is 5.30. The first-order valence-corrected chi connectivity index (χ1v) is 8.99. The van der Waals surface area contributed by atoms with Gasteiger partial charge in [-0.3, -0.25) is 4.79 Å². The average molecular weight is 320 g/mol. The molecule has 2 fully saturated rings. The predicted octanol–water partition coefficient (Wildman–Crippen LogP) is -0.830. The van der Waals surface area contributed by atoms with Crippen molar-refractivity contribution < 1.29 is 23.1 Å². The molecule has 21 heavy (non-hydrogen) atoms. The van der Waals surface area contributed by atoms with E-state index in [1.807, 2.05) is 6.92 Å². The molecule has 1 saturated carbocycles. The van der Waals surface area contributed by atoms with Crippen LogP contribution < -0.4 is 4.72 Å². The van der Waals surface area contributed by atoms with Gasteiger partial charge in [0.1, 0.15) is 0 Å². The van der Waals surface area contributed by atoms with Crippen molar-refractivity contribution in [3.63, 3.8) is 0 Å². The highest BCUT2D eigenvalue weighted by Crippen LogP contribution is 2.39. The van der Waals surface area contributed by atoms with E-state index in [9.17, 15) is 13.2 Å². The van der Waals surface area contributed by atoms with Crippen LogP contribution in [0.2, 0.25) is 0 Å². The van der Waals surface area contributed by atoms with Crippen LogP contribution in [0.4, 0.5) is 0 Å². The third kappa shape index (κ3) is 4.91. The molecule has 2 aliphatic rings. The zero-order chi connectivity index (χ0) is 15.6. The Morgan fingerprint density at radius 3 is 2.76 bits per heavy atom. The number of sulfonamides is 1. The number of rotatable bonds is 6. The van der Waals surface area contributed by atoms with Crippen LogP contribution in [0, 0.1) is 11.8 Å². The number of morpholine rings is 1. The SMILES string of the molecule is C[C@H](O)CNS(=O)(=O)C[C@@H]1CN(C(=O)[C@H]2C[C@@H]2C)CCO1. The molecule has 1 heterocycles. The van der Waals surface area contributed by atoms with E-state index in [-0.39, 0.29) is 24.1 Å². The van der Waals surface area contributed by atoms with E-state index in [0.29, 0.717) is 25.6 Å². The molecule has 7 nitrogen and oxygen atoms in total. The summed E-state index contributed by atoms with van der Waals surface area (Å²) in [6.07, 6.45) is -0.320. The van der Waals surface area contributed by atoms with Crippen LogP contribution in [0.5, 0.6) is 0 Å². The van der Waals surface area contributed by atoms with E-state index in [1.165, 1.54) is 6.92 Å². The van der Waals surface area contributed by atoms with E-state index in [4.69, 9.17) is 9.84 Å². The number of amides is 1. The van der Waals surface area contributed by atoms with Crippen molar-refractivity contribution in [2.75, 3.05) is 32.0 Å². The molecule has 0 unspecified atom stereocenters. The first-order valence-electron chi connectivity index (χ1n) is 7.34. The Bertz CT molecular complexity index is 479. The first kappa shape index (κ1) is 16.7. The smallest absolute Gasteiger partial charge is 0.226 e. The number of aliphatic hydroxyl groups is 1. The monoisotopic (exact) mass is 320 g/mol. The summed E-state index contributed by atoms with van der Waals surface area (Å²) >= 11 is 0. The second-order valence-corrected chi connectivity index (χ2v) is 7.93. The van der Waals surface area contributed by atoms with Gasteiger partial charge in [-0.2, -0.15) is 0 Å². The number of hydrogen-bond acceptors (Lipinski definition) is 5. The fraction of sp³-hybridized carbons (Fsp3) is 0.923. The summed E-state index contributed by atoms with van der Waals surface area (Å²) in [6, 6.07) is 0. The lowest BCUT2D eigenvalue weighted by Gasteiger charge is -2.33. The second-order valence-electron chi connectivity index (χ2n) is 6.08. The molecular weight excluding hydrogens is 296 g/mol. The van der Waals surface area contributed by atoms with Crippen LogP contribution in [0.15, 0.2) is 0 Å². The molecule has 1 aliphatic carbocycles. The topological polar surface area (TPSA) is 95.9 Å². The van der Waals surface area contributed by atoms with Gasteiger partial charge in [0, 0.05) is 25.6 Å². The molecule has 2 N–H and O–H groups in total. The maximum atomic E-state index is 12.2. The summed E-state index contributed by atoms with van der Waals surface area (Å²) in [4.78, 5) is 13.9. The molecule has 0 radical (unpaired) electrons. The lowest BCUT2D eigenvalue weighted by atomic mass is 10.2. The number of aliphatic hydroxyl groups excluding tert-OH is 1. The quantitative estimate of drug-likeness (QED) is 0.666. The fourth-order valence-corrected chi connectivity index (χ4v) is 3.78. The molecule has 122 valence electrons. The van der Waals surface area contributed by atoms with E-state index >= 15 is 0 Å². The van der Waals surface area contributed by atoms with Crippen molar-refractivity contribution in [3.05, 3.63) is 0 Å². The number of nitrogens with one attached hydrogen (secondary N) is 1. The molecule has 2 rings (SSSR count). The minimum absolute atomic E-state index is 0.0166. The van der Waals surface area contributed by atoms with Gasteiger partial charge in [-0.15, -0.1) is 0 Å². The Morgan fingerprint density at radius 2 is 2.19 bits per heavy atom. The van der Waals surface area contributed by atoms with Crippen molar-refractivity contribution in [1.29, 1.82) is 0 Å². The van der Waals surface area contributed by atoms with E-state index in [0.717, 1.165) is 6.42 Å². The molecule has 0 spiro atoms. The number of carbonyl (C=O) groups is 1.